The minimum absolute atomic E-state index is 0. The van der Waals surface area contributed by atoms with E-state index in [9.17, 15) is 15.3 Å². The van der Waals surface area contributed by atoms with Crippen LogP contribution in [-0.4, -0.2) is 88.8 Å². The standard InChI is InChI=1S/C19H21NO2.C18H19NO3.FH.H2/c1-10-3-4-11-7-18-8-19-12(16(18)20(2)9-18)5-6-13(21)17(19)22-15(10)14(11)19;1-19-8-17-6-9-2-4-11(20)14-13(9)18(7-17)10(15(17)19)3-5-12(21)16(18)22-14;;/h3-6,12-13,16-17,21H,7-9H2,1-2H3;2-5,10,12,15-16,20-21H,6-8H2,1H3;2*1H/i;;;1+2. The number of hydrogen-bond acceptors (Lipinski definition) is 7. The Labute approximate surface area is 264 Å². The summed E-state index contributed by atoms with van der Waals surface area (Å²) < 4.78 is 12.6. The van der Waals surface area contributed by atoms with E-state index >= 15 is 0 Å². The molecule has 4 bridgehead atoms. The summed E-state index contributed by atoms with van der Waals surface area (Å²) in [6.45, 7) is 4.45. The fourth-order valence-electron chi connectivity index (χ4n) is 13.6. The highest BCUT2D eigenvalue weighted by Crippen LogP contribution is 2.74. The summed E-state index contributed by atoms with van der Waals surface area (Å²) in [6, 6.07) is 9.51. The van der Waals surface area contributed by atoms with Crippen molar-refractivity contribution in [2.24, 2.45) is 22.7 Å². The maximum atomic E-state index is 10.6. The third-order valence-corrected chi connectivity index (χ3v) is 14.3. The molecule has 4 spiro atoms. The van der Waals surface area contributed by atoms with Crippen LogP contribution in [0.4, 0.5) is 4.70 Å². The van der Waals surface area contributed by atoms with E-state index in [-0.39, 0.29) is 34.9 Å². The maximum absolute atomic E-state index is 10.6. The Morgan fingerprint density at radius 2 is 1.22 bits per heavy atom. The number of hydrogen-bond donors (Lipinski definition) is 3. The second-order valence-electron chi connectivity index (χ2n) is 16.3. The molecule has 0 aromatic heterocycles. The first kappa shape index (κ1) is 27.2. The third-order valence-electron chi connectivity index (χ3n) is 14.3. The summed E-state index contributed by atoms with van der Waals surface area (Å²) in [7, 11) is 4.47. The molecule has 0 radical (unpaired) electrons. The maximum Gasteiger partial charge on any atom is 0.165 e. The predicted molar refractivity (Wildman–Crippen MR) is 168 cm³/mol. The quantitative estimate of drug-likeness (QED) is 0.392. The number of phenolic OH excluding ortho intramolecular Hbond substituents is 1. The Bertz CT molecular complexity index is 1660. The number of ether oxygens (including phenoxy) is 2. The van der Waals surface area contributed by atoms with Gasteiger partial charge in [0.05, 0.1) is 0 Å². The highest BCUT2D eigenvalue weighted by Gasteiger charge is 2.77. The summed E-state index contributed by atoms with van der Waals surface area (Å²) in [5, 5.41) is 31.4. The van der Waals surface area contributed by atoms with Gasteiger partial charge in [-0.2, -0.15) is 0 Å². The van der Waals surface area contributed by atoms with E-state index in [1.165, 1.54) is 47.2 Å². The second kappa shape index (κ2) is 7.96. The van der Waals surface area contributed by atoms with Crippen molar-refractivity contribution in [3.05, 3.63) is 76.4 Å². The van der Waals surface area contributed by atoms with Crippen LogP contribution >= 0.6 is 0 Å². The molecule has 8 heteroatoms. The van der Waals surface area contributed by atoms with E-state index in [0.29, 0.717) is 40.5 Å². The average molecular weight is 617 g/mol. The first-order valence-corrected chi connectivity index (χ1v) is 16.6. The molecule has 238 valence electrons. The van der Waals surface area contributed by atoms with Crippen molar-refractivity contribution < 1.29 is 30.9 Å². The number of phenols is 1. The molecule has 2 aromatic carbocycles. The van der Waals surface area contributed by atoms with Gasteiger partial charge in [-0.1, -0.05) is 42.5 Å². The molecular weight excluding hydrogens is 571 g/mol. The van der Waals surface area contributed by atoms with Crippen LogP contribution in [0.2, 0.25) is 0 Å². The number of likely N-dealkylation sites (tertiary alicyclic amines) is 2. The number of aromatic hydroxyl groups is 1. The fourth-order valence-corrected chi connectivity index (χ4v) is 13.6. The topological polar surface area (TPSA) is 85.6 Å². The number of aliphatic hydroxyl groups excluding tert-OH is 2. The van der Waals surface area contributed by atoms with Gasteiger partial charge in [0.15, 0.2) is 11.5 Å². The molecule has 2 saturated heterocycles. The van der Waals surface area contributed by atoms with Crippen molar-refractivity contribution in [1.82, 2.24) is 9.80 Å². The molecule has 10 aliphatic rings. The number of benzene rings is 2. The minimum atomic E-state index is -0.589. The van der Waals surface area contributed by atoms with Crippen LogP contribution in [0.3, 0.4) is 0 Å². The van der Waals surface area contributed by atoms with Crippen LogP contribution in [0.5, 0.6) is 17.2 Å². The third kappa shape index (κ3) is 2.68. The molecular formula is C37H43FN2O5. The van der Waals surface area contributed by atoms with Gasteiger partial charge in [-0.05, 0) is 69.5 Å². The molecule has 4 fully saturated rings. The van der Waals surface area contributed by atoms with Crippen LogP contribution in [0.15, 0.2) is 48.6 Å². The van der Waals surface area contributed by atoms with E-state index in [0.717, 1.165) is 25.1 Å². The van der Waals surface area contributed by atoms with Crippen molar-refractivity contribution in [1.29, 1.82) is 0 Å². The summed E-state index contributed by atoms with van der Waals surface area (Å²) in [5.41, 5.74) is 7.25. The van der Waals surface area contributed by atoms with Crippen LogP contribution in [0, 0.1) is 29.6 Å². The van der Waals surface area contributed by atoms with Gasteiger partial charge >= 0.3 is 0 Å². The zero-order valence-corrected chi connectivity index (χ0v) is 25.9. The molecule has 12 unspecified atom stereocenters. The van der Waals surface area contributed by atoms with Crippen molar-refractivity contribution >= 4 is 0 Å². The molecule has 2 aromatic rings. The van der Waals surface area contributed by atoms with Gasteiger partial charge < -0.3 is 34.6 Å². The van der Waals surface area contributed by atoms with Crippen molar-refractivity contribution in [2.45, 2.75) is 79.9 Å². The van der Waals surface area contributed by atoms with E-state index in [2.05, 4.69) is 61.2 Å². The summed E-state index contributed by atoms with van der Waals surface area (Å²) in [4.78, 5) is 4.98. The number of nitrogens with zero attached hydrogens (tertiary/aromatic N) is 2. The monoisotopic (exact) mass is 616 g/mol. The molecule has 6 aliphatic carbocycles. The lowest BCUT2D eigenvalue weighted by molar-refractivity contribution is -0.0434. The first-order chi connectivity index (χ1) is 21.1. The van der Waals surface area contributed by atoms with E-state index in [4.69, 9.17) is 9.47 Å². The molecule has 12 rings (SSSR count). The van der Waals surface area contributed by atoms with Crippen molar-refractivity contribution in [2.75, 3.05) is 27.2 Å². The van der Waals surface area contributed by atoms with Gasteiger partial charge in [0.2, 0.25) is 0 Å². The van der Waals surface area contributed by atoms with Gasteiger partial charge in [-0.15, -0.1) is 0 Å². The number of aryl methyl sites for hydroxylation is 1. The van der Waals surface area contributed by atoms with Crippen molar-refractivity contribution in [3.8, 4) is 17.2 Å². The van der Waals surface area contributed by atoms with E-state index in [1.54, 1.807) is 6.07 Å². The number of aliphatic hydroxyl groups is 2. The lowest BCUT2D eigenvalue weighted by Gasteiger charge is -2.54. The Kier molecular flexibility index (Phi) is 4.82. The highest BCUT2D eigenvalue weighted by atomic mass is 19.0. The fraction of sp³-hybridized carbons (Fsp3) is 0.568. The lowest BCUT2D eigenvalue weighted by atomic mass is 9.60. The molecule has 12 atom stereocenters. The molecule has 7 nitrogen and oxygen atoms in total. The zero-order chi connectivity index (χ0) is 29.7. The Hall–Kier alpha value is -2.91. The van der Waals surface area contributed by atoms with Gasteiger partial charge in [0.1, 0.15) is 30.2 Å². The Balaban J connectivity index is 0.000000121. The van der Waals surface area contributed by atoms with Crippen LogP contribution in [0.1, 0.15) is 42.1 Å². The second-order valence-corrected chi connectivity index (χ2v) is 16.3. The summed E-state index contributed by atoms with van der Waals surface area (Å²) in [6.07, 6.45) is 11.5. The van der Waals surface area contributed by atoms with Gasteiger partial charge in [0, 0.05) is 71.2 Å². The van der Waals surface area contributed by atoms with Gasteiger partial charge in [-0.25, -0.2) is 0 Å². The Morgan fingerprint density at radius 1 is 0.733 bits per heavy atom. The number of halogens is 1. The van der Waals surface area contributed by atoms with Crippen molar-refractivity contribution in [3.63, 3.8) is 0 Å². The first-order valence-electron chi connectivity index (χ1n) is 16.6. The molecule has 45 heavy (non-hydrogen) atoms. The summed E-state index contributed by atoms with van der Waals surface area (Å²) in [5.74, 6) is 2.80. The lowest BCUT2D eigenvalue weighted by Crippen LogP contribution is -2.62. The minimum Gasteiger partial charge on any atom is -0.504 e. The Morgan fingerprint density at radius 3 is 1.76 bits per heavy atom. The molecule has 4 heterocycles. The predicted octanol–water partition coefficient (Wildman–Crippen LogP) is 3.40. The smallest absolute Gasteiger partial charge is 0.165 e. The molecule has 0 amide bonds. The van der Waals surface area contributed by atoms with E-state index in [1.807, 2.05) is 12.2 Å². The van der Waals surface area contributed by atoms with Gasteiger partial charge in [0.25, 0.3) is 0 Å². The van der Waals surface area contributed by atoms with Gasteiger partial charge in [-0.3, -0.25) is 4.70 Å². The average Bonchev–Trinajstić information content (AvgIpc) is 3.63. The van der Waals surface area contributed by atoms with Crippen LogP contribution in [-0.2, 0) is 23.7 Å². The normalized spacial score (nSPS) is 48.3. The molecule has 3 N–H and O–H groups in total. The van der Waals surface area contributed by atoms with E-state index < -0.39 is 12.2 Å². The number of fused-ring (bicyclic) bond motifs is 2. The summed E-state index contributed by atoms with van der Waals surface area (Å²) >= 11 is 0. The van der Waals surface area contributed by atoms with Crippen LogP contribution in [0.25, 0.3) is 0 Å². The molecule has 4 aliphatic heterocycles. The molecule has 2 saturated carbocycles. The highest BCUT2D eigenvalue weighted by molar-refractivity contribution is 5.64. The van der Waals surface area contributed by atoms with Crippen LogP contribution < -0.4 is 9.47 Å². The largest absolute Gasteiger partial charge is 0.504 e. The number of rotatable bonds is 0. The zero-order valence-electron chi connectivity index (χ0n) is 25.9. The SMILES string of the molecule is CN1CC23Cc4ccc(O)c5c4C4(C2)C(C=CC(O)C4O5)C13.Cc1ccc2c3c1OC1C(O)C=CC4C5N(C)CC5(C2)CC341.F.[3HH].